The molecule has 0 aromatic heterocycles. The number of hydrogen-bond donors (Lipinski definition) is 0. The predicted molar refractivity (Wildman–Crippen MR) is 66.2 cm³/mol. The van der Waals surface area contributed by atoms with Gasteiger partial charge in [-0.3, -0.25) is 4.79 Å². The normalized spacial score (nSPS) is 8.80. The molecule has 0 unspecified atom stereocenters. The summed E-state index contributed by atoms with van der Waals surface area (Å²) < 4.78 is 0. The average molecular weight is 206 g/mol. The summed E-state index contributed by atoms with van der Waals surface area (Å²) in [6.45, 7) is 7.80. The Morgan fingerprint density at radius 1 is 1.20 bits per heavy atom. The van der Waals surface area contributed by atoms with Gasteiger partial charge in [-0.05, 0) is 6.42 Å². The predicted octanol–water partition coefficient (Wildman–Crippen LogP) is 3.29. The third kappa shape index (κ3) is 15.5. The molecule has 0 aliphatic heterocycles. The molecule has 0 aromatic rings. The molecule has 0 radical (unpaired) electrons. The second-order valence-electron chi connectivity index (χ2n) is 4.00. The van der Waals surface area contributed by atoms with Crippen LogP contribution < -0.4 is 0 Å². The van der Waals surface area contributed by atoms with Crippen molar-refractivity contribution in [2.24, 2.45) is 11.8 Å². The van der Waals surface area contributed by atoms with Crippen molar-refractivity contribution < 1.29 is 4.79 Å². The molecule has 1 heteroatoms. The summed E-state index contributed by atoms with van der Waals surface area (Å²) in [4.78, 5) is 10.9. The maximum absolute atomic E-state index is 10.9. The zero-order valence-electron chi connectivity index (χ0n) is 10.3. The van der Waals surface area contributed by atoms with E-state index in [2.05, 4.69) is 11.8 Å². The van der Waals surface area contributed by atoms with Crippen LogP contribution in [0, 0.1) is 36.5 Å². The summed E-state index contributed by atoms with van der Waals surface area (Å²) in [5.41, 5.74) is 0. The summed E-state index contributed by atoms with van der Waals surface area (Å²) in [6.07, 6.45) is 12.2. The van der Waals surface area contributed by atoms with Crippen molar-refractivity contribution in [3.8, 4) is 24.7 Å². The first-order valence-electron chi connectivity index (χ1n) is 5.38. The lowest BCUT2D eigenvalue weighted by Crippen LogP contribution is -2.05. The highest BCUT2D eigenvalue weighted by Crippen LogP contribution is 2.02. The quantitative estimate of drug-likeness (QED) is 0.509. The van der Waals surface area contributed by atoms with Gasteiger partial charge in [-0.15, -0.1) is 24.7 Å². The minimum absolute atomic E-state index is 0.165. The first-order chi connectivity index (χ1) is 6.95. The van der Waals surface area contributed by atoms with Gasteiger partial charge in [-0.25, -0.2) is 0 Å². The van der Waals surface area contributed by atoms with E-state index in [1.807, 2.05) is 27.7 Å². The van der Waals surface area contributed by atoms with E-state index < -0.39 is 0 Å². The number of carbonyl (C=O) groups is 1. The van der Waals surface area contributed by atoms with E-state index in [0.29, 0.717) is 18.1 Å². The van der Waals surface area contributed by atoms with E-state index in [1.54, 1.807) is 0 Å². The fourth-order valence-corrected chi connectivity index (χ4v) is 0.653. The Kier molecular flexibility index (Phi) is 11.8. The van der Waals surface area contributed by atoms with E-state index in [1.165, 1.54) is 0 Å². The van der Waals surface area contributed by atoms with Gasteiger partial charge in [0.2, 0.25) is 0 Å². The van der Waals surface area contributed by atoms with Gasteiger partial charge in [-0.1, -0.05) is 27.7 Å². The summed E-state index contributed by atoms with van der Waals surface area (Å²) in [5, 5.41) is 0. The highest BCUT2D eigenvalue weighted by atomic mass is 16.1. The third-order valence-electron chi connectivity index (χ3n) is 1.72. The molecule has 0 aromatic carbocycles. The van der Waals surface area contributed by atoms with Gasteiger partial charge in [0.05, 0.1) is 0 Å². The highest BCUT2D eigenvalue weighted by molar-refractivity contribution is 5.80. The Balaban J connectivity index is 0. The van der Waals surface area contributed by atoms with Crippen LogP contribution in [0.3, 0.4) is 0 Å². The molecule has 84 valence electrons. The molecule has 0 spiro atoms. The van der Waals surface area contributed by atoms with Crippen molar-refractivity contribution in [1.82, 2.24) is 0 Å². The molecular weight excluding hydrogens is 184 g/mol. The Bertz CT molecular complexity index is 235. The van der Waals surface area contributed by atoms with Crippen LogP contribution in [-0.2, 0) is 4.79 Å². The van der Waals surface area contributed by atoms with E-state index in [9.17, 15) is 4.79 Å². The zero-order valence-corrected chi connectivity index (χ0v) is 10.3. The molecule has 0 rings (SSSR count). The maximum Gasteiger partial charge on any atom is 0.135 e. The van der Waals surface area contributed by atoms with Crippen LogP contribution in [0.2, 0.25) is 0 Å². The van der Waals surface area contributed by atoms with Crippen molar-refractivity contribution in [2.75, 3.05) is 0 Å². The topological polar surface area (TPSA) is 17.1 Å². The third-order valence-corrected chi connectivity index (χ3v) is 1.72. The largest absolute Gasteiger partial charge is 0.299 e. The van der Waals surface area contributed by atoms with Crippen LogP contribution in [0.4, 0.5) is 0 Å². The molecule has 0 aliphatic carbocycles. The van der Waals surface area contributed by atoms with E-state index in [4.69, 9.17) is 12.8 Å². The lowest BCUT2D eigenvalue weighted by Gasteiger charge is -2.00. The molecule has 15 heavy (non-hydrogen) atoms. The Morgan fingerprint density at radius 3 is 1.93 bits per heavy atom. The first kappa shape index (κ1) is 16.2. The molecule has 0 atom stereocenters. The van der Waals surface area contributed by atoms with Crippen molar-refractivity contribution in [3.05, 3.63) is 0 Å². The van der Waals surface area contributed by atoms with Gasteiger partial charge in [-0.2, -0.15) is 0 Å². The van der Waals surface area contributed by atoms with Crippen LogP contribution >= 0.6 is 0 Å². The molecule has 0 fully saturated rings. The number of ketones is 1. The fraction of sp³-hybridized carbons (Fsp3) is 0.643. The second-order valence-corrected chi connectivity index (χ2v) is 4.00. The minimum Gasteiger partial charge on any atom is -0.299 e. The van der Waals surface area contributed by atoms with Crippen LogP contribution in [0.15, 0.2) is 0 Å². The van der Waals surface area contributed by atoms with Crippen LogP contribution in [-0.4, -0.2) is 5.78 Å². The number of rotatable bonds is 4. The summed E-state index contributed by atoms with van der Waals surface area (Å²) in [6, 6.07) is 0. The molecule has 0 amide bonds. The molecule has 1 nitrogen and oxygen atoms in total. The van der Waals surface area contributed by atoms with Gasteiger partial charge in [0.25, 0.3) is 0 Å². The first-order valence-corrected chi connectivity index (χ1v) is 5.38. The molecule has 0 saturated carbocycles. The number of carbonyl (C=O) groups excluding carboxylic acids is 1. The Hall–Kier alpha value is -1.21. The minimum atomic E-state index is 0.165. The fourth-order valence-electron chi connectivity index (χ4n) is 0.653. The average Bonchev–Trinajstić information content (AvgIpc) is 2.18. The molecule has 0 aliphatic rings. The van der Waals surface area contributed by atoms with Crippen LogP contribution in [0.1, 0.15) is 47.0 Å². The standard InChI is InChI=1S/C9H14O.C5H8/c1-4-5-6-7-9(10)8(2)3;1-4-5(2)3/h1,8H,5-7H2,2-3H3;1,5H,2-3H3. The summed E-state index contributed by atoms with van der Waals surface area (Å²) >= 11 is 0. The zero-order chi connectivity index (χ0) is 12.3. The smallest absolute Gasteiger partial charge is 0.135 e. The summed E-state index contributed by atoms with van der Waals surface area (Å²) in [5.74, 6) is 5.93. The summed E-state index contributed by atoms with van der Waals surface area (Å²) in [7, 11) is 0. The molecule has 0 saturated heterocycles. The number of unbranched alkanes of at least 4 members (excludes halogenated alkanes) is 1. The van der Waals surface area contributed by atoms with Crippen LogP contribution in [0.25, 0.3) is 0 Å². The Morgan fingerprint density at radius 2 is 1.67 bits per heavy atom. The Labute approximate surface area is 94.6 Å². The van der Waals surface area contributed by atoms with Crippen LogP contribution in [0.5, 0.6) is 0 Å². The van der Waals surface area contributed by atoms with E-state index in [0.717, 1.165) is 12.8 Å². The number of hydrogen-bond acceptors (Lipinski definition) is 1. The van der Waals surface area contributed by atoms with E-state index >= 15 is 0 Å². The molecule has 0 heterocycles. The molecule has 0 N–H and O–H groups in total. The van der Waals surface area contributed by atoms with Gasteiger partial charge in [0, 0.05) is 24.7 Å². The number of terminal acetylenes is 2. The SMILES string of the molecule is C#CC(C)C.C#CCCCC(=O)C(C)C. The van der Waals surface area contributed by atoms with Gasteiger partial charge in [0.1, 0.15) is 5.78 Å². The highest BCUT2D eigenvalue weighted by Gasteiger charge is 2.04. The second kappa shape index (κ2) is 10.9. The van der Waals surface area contributed by atoms with Gasteiger partial charge in [0.15, 0.2) is 0 Å². The molecule has 0 bridgehead atoms. The maximum atomic E-state index is 10.9. The lowest BCUT2D eigenvalue weighted by atomic mass is 10.0. The monoisotopic (exact) mass is 206 g/mol. The van der Waals surface area contributed by atoms with Crippen molar-refractivity contribution in [1.29, 1.82) is 0 Å². The number of Topliss-reactive ketones (excluding diaryl/α,β-unsaturated/α-hetero) is 1. The molecular formula is C14H22O. The lowest BCUT2D eigenvalue weighted by molar-refractivity contribution is -0.121. The van der Waals surface area contributed by atoms with Crippen molar-refractivity contribution in [2.45, 2.75) is 47.0 Å². The van der Waals surface area contributed by atoms with Crippen molar-refractivity contribution >= 4 is 5.78 Å². The van der Waals surface area contributed by atoms with Gasteiger partial charge < -0.3 is 0 Å². The van der Waals surface area contributed by atoms with Gasteiger partial charge >= 0.3 is 0 Å². The van der Waals surface area contributed by atoms with Crippen molar-refractivity contribution in [3.63, 3.8) is 0 Å². The van der Waals surface area contributed by atoms with E-state index in [-0.39, 0.29) is 5.92 Å².